The molecule has 0 fully saturated rings. The summed E-state index contributed by atoms with van der Waals surface area (Å²) in [7, 11) is 0. The predicted octanol–water partition coefficient (Wildman–Crippen LogP) is 5.33. The third-order valence-electron chi connectivity index (χ3n) is 4.09. The summed E-state index contributed by atoms with van der Waals surface area (Å²) in [5.41, 5.74) is 2.60. The lowest BCUT2D eigenvalue weighted by atomic mass is 10.1. The van der Waals surface area contributed by atoms with Crippen molar-refractivity contribution in [3.63, 3.8) is 0 Å². The van der Waals surface area contributed by atoms with E-state index in [1.807, 2.05) is 54.6 Å². The fourth-order valence-corrected chi connectivity index (χ4v) is 3.92. The fraction of sp³-hybridized carbons (Fsp3) is 0.0476. The van der Waals surface area contributed by atoms with Crippen molar-refractivity contribution in [3.05, 3.63) is 77.7 Å². The molecule has 0 amide bonds. The van der Waals surface area contributed by atoms with Gasteiger partial charge in [0.15, 0.2) is 5.13 Å². The first-order valence-corrected chi connectivity index (χ1v) is 9.04. The zero-order valence-corrected chi connectivity index (χ0v) is 14.7. The molecule has 0 aliphatic carbocycles. The largest absolute Gasteiger partial charge is 0.481 e. The maximum atomic E-state index is 11.3. The molecule has 0 aliphatic heterocycles. The Morgan fingerprint density at radius 2 is 1.69 bits per heavy atom. The highest BCUT2D eigenvalue weighted by Crippen LogP contribution is 2.34. The van der Waals surface area contributed by atoms with Crippen molar-refractivity contribution in [2.45, 2.75) is 6.42 Å². The van der Waals surface area contributed by atoms with Gasteiger partial charge in [-0.2, -0.15) is 0 Å². The average Bonchev–Trinajstić information content (AvgIpc) is 3.04. The highest BCUT2D eigenvalue weighted by Gasteiger charge is 2.16. The first kappa shape index (κ1) is 16.3. The number of rotatable bonds is 5. The van der Waals surface area contributed by atoms with Crippen molar-refractivity contribution >= 4 is 38.9 Å². The lowest BCUT2D eigenvalue weighted by Crippen LogP contribution is -1.99. The van der Waals surface area contributed by atoms with Crippen LogP contribution in [0.4, 0.5) is 10.8 Å². The molecule has 0 radical (unpaired) electrons. The Kier molecular flexibility index (Phi) is 4.37. The van der Waals surface area contributed by atoms with Crippen molar-refractivity contribution < 1.29 is 9.90 Å². The summed E-state index contributed by atoms with van der Waals surface area (Å²) in [6.07, 6.45) is -0.0425. The monoisotopic (exact) mass is 360 g/mol. The Bertz CT molecular complexity index is 1070. The number of carboxylic acids is 1. The quantitative estimate of drug-likeness (QED) is 0.505. The number of aliphatic carboxylic acids is 1. The van der Waals surface area contributed by atoms with Crippen LogP contribution in [-0.2, 0) is 11.2 Å². The van der Waals surface area contributed by atoms with Crippen LogP contribution in [0.2, 0.25) is 0 Å². The second kappa shape index (κ2) is 6.98. The summed E-state index contributed by atoms with van der Waals surface area (Å²) in [4.78, 5) is 16.7. The second-order valence-corrected chi connectivity index (χ2v) is 6.96. The second-order valence-electron chi connectivity index (χ2n) is 5.88. The van der Waals surface area contributed by atoms with Gasteiger partial charge in [0, 0.05) is 21.5 Å². The van der Waals surface area contributed by atoms with E-state index < -0.39 is 5.97 Å². The zero-order chi connectivity index (χ0) is 17.9. The molecule has 0 aliphatic rings. The van der Waals surface area contributed by atoms with Crippen molar-refractivity contribution in [2.24, 2.45) is 0 Å². The number of carboxylic acid groups (broad SMARTS) is 1. The molecular formula is C21H16N2O2S. The van der Waals surface area contributed by atoms with Crippen molar-refractivity contribution in [1.82, 2.24) is 4.98 Å². The van der Waals surface area contributed by atoms with Crippen LogP contribution in [0.1, 0.15) is 4.88 Å². The number of carbonyl (C=O) groups is 1. The van der Waals surface area contributed by atoms with Crippen molar-refractivity contribution in [3.8, 4) is 11.3 Å². The van der Waals surface area contributed by atoms with Crippen molar-refractivity contribution in [2.75, 3.05) is 5.32 Å². The molecule has 4 rings (SSSR count). The van der Waals surface area contributed by atoms with Crippen LogP contribution in [0.5, 0.6) is 0 Å². The molecule has 3 aromatic carbocycles. The molecule has 128 valence electrons. The van der Waals surface area contributed by atoms with Crippen LogP contribution in [-0.4, -0.2) is 16.1 Å². The van der Waals surface area contributed by atoms with E-state index in [-0.39, 0.29) is 6.42 Å². The number of aromatic nitrogens is 1. The lowest BCUT2D eigenvalue weighted by molar-refractivity contribution is -0.136. The highest BCUT2D eigenvalue weighted by atomic mass is 32.1. The average molecular weight is 360 g/mol. The van der Waals surface area contributed by atoms with Gasteiger partial charge in [-0.05, 0) is 11.5 Å². The minimum atomic E-state index is -0.859. The van der Waals surface area contributed by atoms with Crippen molar-refractivity contribution in [1.29, 1.82) is 0 Å². The van der Waals surface area contributed by atoms with Gasteiger partial charge in [0.1, 0.15) is 0 Å². The molecule has 5 heteroatoms. The maximum absolute atomic E-state index is 11.3. The normalized spacial score (nSPS) is 10.8. The summed E-state index contributed by atoms with van der Waals surface area (Å²) in [5.74, 6) is -0.859. The SMILES string of the molecule is O=C(O)Cc1sc(Nc2cccc3ccccc23)nc1-c1ccccc1. The van der Waals surface area contributed by atoms with Gasteiger partial charge in [0.2, 0.25) is 0 Å². The number of thiazole rings is 1. The van der Waals surface area contributed by atoms with Gasteiger partial charge in [-0.15, -0.1) is 11.3 Å². The Morgan fingerprint density at radius 1 is 0.962 bits per heavy atom. The van der Waals surface area contributed by atoms with Crippen LogP contribution < -0.4 is 5.32 Å². The number of hydrogen-bond donors (Lipinski definition) is 2. The molecule has 0 atom stereocenters. The van der Waals surface area contributed by atoms with Crippen LogP contribution in [0.3, 0.4) is 0 Å². The van der Waals surface area contributed by atoms with Crippen LogP contribution in [0.25, 0.3) is 22.0 Å². The molecule has 0 unspecified atom stereocenters. The Morgan fingerprint density at radius 3 is 2.50 bits per heavy atom. The topological polar surface area (TPSA) is 62.2 Å². The van der Waals surface area contributed by atoms with E-state index in [0.717, 1.165) is 32.6 Å². The van der Waals surface area contributed by atoms with E-state index >= 15 is 0 Å². The molecule has 1 aromatic heterocycles. The Labute approximate surface area is 154 Å². The summed E-state index contributed by atoms with van der Waals surface area (Å²) in [6.45, 7) is 0. The standard InChI is InChI=1S/C21H16N2O2S/c24-19(25)13-18-20(15-8-2-1-3-9-15)23-21(26-18)22-17-12-6-10-14-7-4-5-11-16(14)17/h1-12H,13H2,(H,22,23)(H,24,25). The molecule has 0 saturated heterocycles. The van der Waals surface area contributed by atoms with E-state index in [0.29, 0.717) is 5.13 Å². The van der Waals surface area contributed by atoms with Gasteiger partial charge < -0.3 is 10.4 Å². The molecule has 0 spiro atoms. The van der Waals surface area contributed by atoms with E-state index in [1.165, 1.54) is 11.3 Å². The third kappa shape index (κ3) is 3.30. The maximum Gasteiger partial charge on any atom is 0.308 e. The Balaban J connectivity index is 1.75. The summed E-state index contributed by atoms with van der Waals surface area (Å²) >= 11 is 1.38. The number of fused-ring (bicyclic) bond motifs is 1. The molecular weight excluding hydrogens is 344 g/mol. The summed E-state index contributed by atoms with van der Waals surface area (Å²) in [6, 6.07) is 23.9. The highest BCUT2D eigenvalue weighted by molar-refractivity contribution is 7.16. The smallest absolute Gasteiger partial charge is 0.308 e. The molecule has 26 heavy (non-hydrogen) atoms. The predicted molar refractivity (Wildman–Crippen MR) is 106 cm³/mol. The van der Waals surface area contributed by atoms with Crippen LogP contribution in [0, 0.1) is 0 Å². The number of nitrogens with zero attached hydrogens (tertiary/aromatic N) is 1. The lowest BCUT2D eigenvalue weighted by Gasteiger charge is -2.06. The van der Waals surface area contributed by atoms with Gasteiger partial charge >= 0.3 is 5.97 Å². The Hall–Kier alpha value is -3.18. The molecule has 0 saturated carbocycles. The minimum absolute atomic E-state index is 0.0425. The van der Waals surface area contributed by atoms with E-state index in [2.05, 4.69) is 28.5 Å². The molecule has 2 N–H and O–H groups in total. The van der Waals surface area contributed by atoms with Gasteiger partial charge in [0.25, 0.3) is 0 Å². The van der Waals surface area contributed by atoms with E-state index in [9.17, 15) is 9.90 Å². The van der Waals surface area contributed by atoms with Gasteiger partial charge in [0.05, 0.1) is 12.1 Å². The number of hydrogen-bond acceptors (Lipinski definition) is 4. The van der Waals surface area contributed by atoms with E-state index in [4.69, 9.17) is 0 Å². The van der Waals surface area contributed by atoms with Crippen LogP contribution >= 0.6 is 11.3 Å². The molecule has 4 aromatic rings. The number of nitrogens with one attached hydrogen (secondary N) is 1. The molecule has 0 bridgehead atoms. The first-order valence-electron chi connectivity index (χ1n) is 8.22. The molecule has 1 heterocycles. The number of anilines is 2. The van der Waals surface area contributed by atoms with E-state index in [1.54, 1.807) is 0 Å². The first-order chi connectivity index (χ1) is 12.7. The van der Waals surface area contributed by atoms with Gasteiger partial charge in [-0.3, -0.25) is 4.79 Å². The summed E-state index contributed by atoms with van der Waals surface area (Å²) < 4.78 is 0. The molecule has 4 nitrogen and oxygen atoms in total. The van der Waals surface area contributed by atoms with Gasteiger partial charge in [-0.25, -0.2) is 4.98 Å². The van der Waals surface area contributed by atoms with Crippen LogP contribution in [0.15, 0.2) is 72.8 Å². The number of benzene rings is 3. The fourth-order valence-electron chi connectivity index (χ4n) is 2.93. The van der Waals surface area contributed by atoms with Gasteiger partial charge in [-0.1, -0.05) is 66.7 Å². The minimum Gasteiger partial charge on any atom is -0.481 e. The zero-order valence-electron chi connectivity index (χ0n) is 13.8. The summed E-state index contributed by atoms with van der Waals surface area (Å²) in [5, 5.41) is 15.5. The third-order valence-corrected chi connectivity index (χ3v) is 5.06.